The van der Waals surface area contributed by atoms with Crippen molar-refractivity contribution in [1.29, 1.82) is 0 Å². The van der Waals surface area contributed by atoms with Crippen LogP contribution >= 0.6 is 0 Å². The Morgan fingerprint density at radius 3 is 1.92 bits per heavy atom. The van der Waals surface area contributed by atoms with E-state index in [1.807, 2.05) is 0 Å². The summed E-state index contributed by atoms with van der Waals surface area (Å²) in [6.45, 7) is 5.15. The van der Waals surface area contributed by atoms with E-state index in [1.165, 1.54) is 31.1 Å². The van der Waals surface area contributed by atoms with Crippen molar-refractivity contribution in [2.75, 3.05) is 20.3 Å². The van der Waals surface area contributed by atoms with Gasteiger partial charge in [0.15, 0.2) is 24.5 Å². The fourth-order valence-electron chi connectivity index (χ4n) is 3.91. The van der Waals surface area contributed by atoms with E-state index in [-0.39, 0.29) is 18.0 Å². The molecular formula is C25H31NO12. The lowest BCUT2D eigenvalue weighted by atomic mass is 10.0. The average molecular weight is 538 g/mol. The summed E-state index contributed by atoms with van der Waals surface area (Å²) >= 11 is 0. The highest BCUT2D eigenvalue weighted by molar-refractivity contribution is 5.89. The average Bonchev–Trinajstić information content (AvgIpc) is 3.28. The molecule has 208 valence electrons. The standard InChI is InChI=1S/C25H31NO12/c1-13(27)26-11-20(38-24(26)18-7-9-19(10-8-18)25(32)33-6)22(36-16(4)30)23(37-17(5)31)21(35-15(3)29)12-34-14(2)28/h7-10,20-24H,11-12H2,1-6H3/t20-,21+,22+,23+,24+/m0/s1. The van der Waals surface area contributed by atoms with Crippen molar-refractivity contribution in [3.05, 3.63) is 35.4 Å². The van der Waals surface area contributed by atoms with E-state index in [0.717, 1.165) is 27.7 Å². The maximum Gasteiger partial charge on any atom is 0.337 e. The molecule has 2 rings (SSSR count). The first-order chi connectivity index (χ1) is 17.8. The Kier molecular flexibility index (Phi) is 10.8. The van der Waals surface area contributed by atoms with E-state index in [1.54, 1.807) is 12.1 Å². The topological polar surface area (TPSA) is 161 Å². The summed E-state index contributed by atoms with van der Waals surface area (Å²) < 4.78 is 31.9. The minimum absolute atomic E-state index is 0.102. The molecule has 0 N–H and O–H groups in total. The van der Waals surface area contributed by atoms with Crippen LogP contribution in [0.25, 0.3) is 0 Å². The van der Waals surface area contributed by atoms with Crippen molar-refractivity contribution in [3.8, 4) is 0 Å². The van der Waals surface area contributed by atoms with Gasteiger partial charge in [-0.25, -0.2) is 4.79 Å². The Morgan fingerprint density at radius 1 is 0.868 bits per heavy atom. The smallest absolute Gasteiger partial charge is 0.337 e. The monoisotopic (exact) mass is 537 g/mol. The van der Waals surface area contributed by atoms with Crippen molar-refractivity contribution >= 4 is 35.8 Å². The number of rotatable bonds is 10. The van der Waals surface area contributed by atoms with Gasteiger partial charge in [-0.1, -0.05) is 12.1 Å². The van der Waals surface area contributed by atoms with Crippen LogP contribution in [0.15, 0.2) is 24.3 Å². The number of nitrogens with zero attached hydrogens (tertiary/aromatic N) is 1. The van der Waals surface area contributed by atoms with Crippen molar-refractivity contribution in [1.82, 2.24) is 4.90 Å². The van der Waals surface area contributed by atoms with E-state index < -0.39 is 67.1 Å². The van der Waals surface area contributed by atoms with Crippen LogP contribution in [-0.2, 0) is 52.4 Å². The minimum atomic E-state index is -1.46. The van der Waals surface area contributed by atoms with Gasteiger partial charge in [0.1, 0.15) is 12.7 Å². The second-order valence-corrected chi connectivity index (χ2v) is 8.41. The third-order valence-corrected chi connectivity index (χ3v) is 5.41. The number of hydrogen-bond donors (Lipinski definition) is 0. The number of carbonyl (C=O) groups is 6. The fraction of sp³-hybridized carbons (Fsp3) is 0.520. The number of carbonyl (C=O) groups excluding carboxylic acids is 6. The van der Waals surface area contributed by atoms with Crippen LogP contribution < -0.4 is 0 Å². The highest BCUT2D eigenvalue weighted by atomic mass is 16.6. The molecule has 38 heavy (non-hydrogen) atoms. The zero-order valence-electron chi connectivity index (χ0n) is 22.0. The number of ether oxygens (including phenoxy) is 6. The Hall–Kier alpha value is -4.00. The third kappa shape index (κ3) is 8.26. The molecule has 0 unspecified atom stereocenters. The molecule has 13 heteroatoms. The maximum absolute atomic E-state index is 12.5. The zero-order chi connectivity index (χ0) is 28.6. The van der Waals surface area contributed by atoms with E-state index in [4.69, 9.17) is 28.4 Å². The molecule has 0 aromatic heterocycles. The largest absolute Gasteiger partial charge is 0.465 e. The highest BCUT2D eigenvalue weighted by Crippen LogP contribution is 2.34. The highest BCUT2D eigenvalue weighted by Gasteiger charge is 2.48. The lowest BCUT2D eigenvalue weighted by molar-refractivity contribution is -0.200. The van der Waals surface area contributed by atoms with Crippen molar-refractivity contribution < 1.29 is 57.2 Å². The van der Waals surface area contributed by atoms with Crippen LogP contribution in [0.2, 0.25) is 0 Å². The molecule has 0 aliphatic carbocycles. The summed E-state index contributed by atoms with van der Waals surface area (Å²) in [5, 5.41) is 0. The predicted octanol–water partition coefficient (Wildman–Crippen LogP) is 1.08. The molecular weight excluding hydrogens is 506 g/mol. The van der Waals surface area contributed by atoms with Crippen LogP contribution in [0.4, 0.5) is 0 Å². The number of esters is 5. The summed E-state index contributed by atoms with van der Waals surface area (Å²) in [5.74, 6) is -3.97. The molecule has 1 aliphatic rings. The van der Waals surface area contributed by atoms with Gasteiger partial charge in [-0.3, -0.25) is 24.0 Å². The maximum atomic E-state index is 12.5. The molecule has 1 aromatic rings. The van der Waals surface area contributed by atoms with E-state index in [9.17, 15) is 28.8 Å². The van der Waals surface area contributed by atoms with Gasteiger partial charge in [-0.15, -0.1) is 0 Å². The molecule has 1 heterocycles. The summed E-state index contributed by atoms with van der Waals surface area (Å²) in [5.41, 5.74) is 0.778. The normalized spacial score (nSPS) is 18.9. The van der Waals surface area contributed by atoms with Crippen molar-refractivity contribution in [2.24, 2.45) is 0 Å². The Labute approximate surface area is 219 Å². The molecule has 0 spiro atoms. The van der Waals surface area contributed by atoms with Crippen LogP contribution in [0, 0.1) is 0 Å². The molecule has 0 saturated carbocycles. The SMILES string of the molecule is COC(=O)c1ccc([C@H]2O[C@H]([C@@H](OC(C)=O)[C@H](OC(C)=O)[C@@H](COC(C)=O)OC(C)=O)CN2C(C)=O)cc1. The first kappa shape index (κ1) is 30.2. The van der Waals surface area contributed by atoms with Gasteiger partial charge >= 0.3 is 29.8 Å². The Morgan fingerprint density at radius 2 is 1.45 bits per heavy atom. The van der Waals surface area contributed by atoms with Gasteiger partial charge in [0.25, 0.3) is 0 Å². The van der Waals surface area contributed by atoms with Crippen molar-refractivity contribution in [2.45, 2.75) is 65.3 Å². The molecule has 5 atom stereocenters. The summed E-state index contributed by atoms with van der Waals surface area (Å²) in [6.07, 6.45) is -6.22. The number of methoxy groups -OCH3 is 1. The molecule has 1 aliphatic heterocycles. The number of amides is 1. The molecule has 0 radical (unpaired) electrons. The van der Waals surface area contributed by atoms with Gasteiger partial charge in [0, 0.05) is 40.2 Å². The summed E-state index contributed by atoms with van der Waals surface area (Å²) in [6, 6.07) is 6.14. The second kappa shape index (κ2) is 13.5. The van der Waals surface area contributed by atoms with Gasteiger partial charge in [-0.2, -0.15) is 0 Å². The number of benzene rings is 1. The molecule has 1 fully saturated rings. The first-order valence-corrected chi connectivity index (χ1v) is 11.6. The molecule has 13 nitrogen and oxygen atoms in total. The van der Waals surface area contributed by atoms with Crippen LogP contribution in [0.3, 0.4) is 0 Å². The lowest BCUT2D eigenvalue weighted by Crippen LogP contribution is -2.53. The van der Waals surface area contributed by atoms with Crippen LogP contribution in [0.1, 0.15) is 56.8 Å². The number of hydrogen-bond acceptors (Lipinski definition) is 12. The van der Waals surface area contributed by atoms with Crippen LogP contribution in [-0.4, -0.2) is 85.3 Å². The molecule has 1 aromatic carbocycles. The van der Waals surface area contributed by atoms with Gasteiger partial charge in [0.05, 0.1) is 19.2 Å². The first-order valence-electron chi connectivity index (χ1n) is 11.6. The quantitative estimate of drug-likeness (QED) is 0.309. The molecule has 1 saturated heterocycles. The molecule has 1 amide bonds. The lowest BCUT2D eigenvalue weighted by Gasteiger charge is -2.34. The van der Waals surface area contributed by atoms with E-state index in [0.29, 0.717) is 5.56 Å². The Balaban J connectivity index is 2.47. The van der Waals surface area contributed by atoms with Gasteiger partial charge in [-0.05, 0) is 12.1 Å². The molecule has 0 bridgehead atoms. The van der Waals surface area contributed by atoms with E-state index in [2.05, 4.69) is 0 Å². The van der Waals surface area contributed by atoms with Crippen LogP contribution in [0.5, 0.6) is 0 Å². The van der Waals surface area contributed by atoms with Crippen molar-refractivity contribution in [3.63, 3.8) is 0 Å². The zero-order valence-corrected chi connectivity index (χ0v) is 22.0. The summed E-state index contributed by atoms with van der Waals surface area (Å²) in [7, 11) is 1.25. The minimum Gasteiger partial charge on any atom is -0.465 e. The fourth-order valence-corrected chi connectivity index (χ4v) is 3.91. The van der Waals surface area contributed by atoms with Gasteiger partial charge in [0.2, 0.25) is 5.91 Å². The second-order valence-electron chi connectivity index (χ2n) is 8.41. The third-order valence-electron chi connectivity index (χ3n) is 5.41. The van der Waals surface area contributed by atoms with Gasteiger partial charge < -0.3 is 33.3 Å². The van der Waals surface area contributed by atoms with E-state index >= 15 is 0 Å². The predicted molar refractivity (Wildman–Crippen MR) is 126 cm³/mol. The summed E-state index contributed by atoms with van der Waals surface area (Å²) in [4.78, 5) is 72.9. The Bertz CT molecular complexity index is 1050.